The third kappa shape index (κ3) is 4.40. The highest BCUT2D eigenvalue weighted by molar-refractivity contribution is 5.13. The Morgan fingerprint density at radius 3 is 2.43 bits per heavy atom. The van der Waals surface area contributed by atoms with E-state index in [0.717, 1.165) is 0 Å². The van der Waals surface area contributed by atoms with E-state index < -0.39 is 0 Å². The van der Waals surface area contributed by atoms with Crippen molar-refractivity contribution in [2.45, 2.75) is 39.1 Å². The monoisotopic (exact) mass is 194 g/mol. The number of hydrogen-bond donors (Lipinski definition) is 1. The van der Waals surface area contributed by atoms with Crippen molar-refractivity contribution in [2.75, 3.05) is 0 Å². The second-order valence-electron chi connectivity index (χ2n) is 3.69. The lowest BCUT2D eigenvalue weighted by molar-refractivity contribution is 0.0191. The van der Waals surface area contributed by atoms with Crippen molar-refractivity contribution in [2.24, 2.45) is 0 Å². The lowest BCUT2D eigenvalue weighted by Gasteiger charge is -2.14. The van der Waals surface area contributed by atoms with Crippen LogP contribution in [0.5, 0.6) is 0 Å². The molecule has 2 atom stereocenters. The molecule has 0 fully saturated rings. The van der Waals surface area contributed by atoms with Gasteiger partial charge in [-0.2, -0.15) is 0 Å². The molecule has 0 aliphatic heterocycles. The normalized spacial score (nSPS) is 15.1. The van der Waals surface area contributed by atoms with Crippen molar-refractivity contribution in [3.05, 3.63) is 35.9 Å². The zero-order chi connectivity index (χ0) is 10.4. The molecule has 0 unspecified atom stereocenters. The molecule has 0 aromatic heterocycles. The zero-order valence-corrected chi connectivity index (χ0v) is 8.81. The van der Waals surface area contributed by atoms with E-state index in [1.807, 2.05) is 37.3 Å². The van der Waals surface area contributed by atoms with Crippen molar-refractivity contribution in [3.8, 4) is 0 Å². The first-order valence-corrected chi connectivity index (χ1v) is 5.02. The number of aliphatic hydroxyl groups excluding tert-OH is 1. The van der Waals surface area contributed by atoms with Gasteiger partial charge in [0.25, 0.3) is 0 Å². The predicted molar refractivity (Wildman–Crippen MR) is 57.0 cm³/mol. The molecule has 1 N–H and O–H groups in total. The third-order valence-corrected chi connectivity index (χ3v) is 2.05. The van der Waals surface area contributed by atoms with Gasteiger partial charge in [0.1, 0.15) is 0 Å². The number of rotatable bonds is 5. The van der Waals surface area contributed by atoms with E-state index in [9.17, 15) is 0 Å². The number of benzene rings is 1. The van der Waals surface area contributed by atoms with Crippen molar-refractivity contribution in [1.29, 1.82) is 0 Å². The van der Waals surface area contributed by atoms with Gasteiger partial charge in [-0.25, -0.2) is 0 Å². The molecule has 0 saturated heterocycles. The van der Waals surface area contributed by atoms with Crippen LogP contribution >= 0.6 is 0 Å². The highest BCUT2D eigenvalue weighted by Gasteiger charge is 2.05. The van der Waals surface area contributed by atoms with Gasteiger partial charge in [-0.3, -0.25) is 0 Å². The maximum atomic E-state index is 9.14. The van der Waals surface area contributed by atoms with Crippen LogP contribution in [-0.2, 0) is 11.3 Å². The minimum Gasteiger partial charge on any atom is -0.393 e. The minimum atomic E-state index is -0.291. The Kier molecular flexibility index (Phi) is 4.63. The third-order valence-electron chi connectivity index (χ3n) is 2.05. The van der Waals surface area contributed by atoms with Crippen molar-refractivity contribution >= 4 is 0 Å². The highest BCUT2D eigenvalue weighted by atomic mass is 16.5. The first kappa shape index (κ1) is 11.2. The van der Waals surface area contributed by atoms with Crippen LogP contribution in [0, 0.1) is 0 Å². The highest BCUT2D eigenvalue weighted by Crippen LogP contribution is 2.07. The van der Waals surface area contributed by atoms with Crippen LogP contribution in [0.3, 0.4) is 0 Å². The van der Waals surface area contributed by atoms with Crippen molar-refractivity contribution < 1.29 is 9.84 Å². The fourth-order valence-electron chi connectivity index (χ4n) is 1.36. The topological polar surface area (TPSA) is 29.5 Å². The van der Waals surface area contributed by atoms with E-state index in [-0.39, 0.29) is 12.2 Å². The molecule has 0 aliphatic carbocycles. The molecule has 0 bridgehead atoms. The summed E-state index contributed by atoms with van der Waals surface area (Å²) < 4.78 is 5.58. The van der Waals surface area contributed by atoms with Gasteiger partial charge in [-0.1, -0.05) is 30.3 Å². The Morgan fingerprint density at radius 2 is 1.86 bits per heavy atom. The average Bonchev–Trinajstić information content (AvgIpc) is 2.15. The van der Waals surface area contributed by atoms with Crippen LogP contribution < -0.4 is 0 Å². The van der Waals surface area contributed by atoms with E-state index in [1.54, 1.807) is 6.92 Å². The fourth-order valence-corrected chi connectivity index (χ4v) is 1.36. The summed E-state index contributed by atoms with van der Waals surface area (Å²) in [5.41, 5.74) is 1.17. The van der Waals surface area contributed by atoms with E-state index in [2.05, 4.69) is 0 Å². The van der Waals surface area contributed by atoms with Crippen LogP contribution in [0.25, 0.3) is 0 Å². The van der Waals surface area contributed by atoms with Gasteiger partial charge in [-0.15, -0.1) is 0 Å². The second-order valence-corrected chi connectivity index (χ2v) is 3.69. The van der Waals surface area contributed by atoms with Crippen molar-refractivity contribution in [3.63, 3.8) is 0 Å². The quantitative estimate of drug-likeness (QED) is 0.779. The van der Waals surface area contributed by atoms with E-state index in [1.165, 1.54) is 5.56 Å². The molecular formula is C12H18O2. The SMILES string of the molecule is C[C@H](O)C[C@H](C)OCc1ccccc1. The summed E-state index contributed by atoms with van der Waals surface area (Å²) in [6.07, 6.45) is 0.503. The summed E-state index contributed by atoms with van der Waals surface area (Å²) in [6, 6.07) is 10.1. The first-order chi connectivity index (χ1) is 6.68. The van der Waals surface area contributed by atoms with Crippen LogP contribution in [0.2, 0.25) is 0 Å². The molecule has 0 radical (unpaired) electrons. The summed E-state index contributed by atoms with van der Waals surface area (Å²) in [7, 11) is 0. The molecule has 0 aliphatic rings. The van der Waals surface area contributed by atoms with Gasteiger partial charge in [0.15, 0.2) is 0 Å². The smallest absolute Gasteiger partial charge is 0.0720 e. The average molecular weight is 194 g/mol. The van der Waals surface area contributed by atoms with Crippen LogP contribution in [-0.4, -0.2) is 17.3 Å². The van der Waals surface area contributed by atoms with Crippen LogP contribution in [0.4, 0.5) is 0 Å². The molecule has 0 saturated carbocycles. The largest absolute Gasteiger partial charge is 0.393 e. The summed E-state index contributed by atoms with van der Waals surface area (Å²) in [4.78, 5) is 0. The Labute approximate surface area is 85.5 Å². The van der Waals surface area contributed by atoms with E-state index >= 15 is 0 Å². The molecule has 14 heavy (non-hydrogen) atoms. The summed E-state index contributed by atoms with van der Waals surface area (Å²) in [5, 5.41) is 9.14. The molecule has 1 aromatic rings. The second kappa shape index (κ2) is 5.78. The molecule has 0 heterocycles. The van der Waals surface area contributed by atoms with E-state index in [4.69, 9.17) is 9.84 Å². The standard InChI is InChI=1S/C12H18O2/c1-10(13)8-11(2)14-9-12-6-4-3-5-7-12/h3-7,10-11,13H,8-9H2,1-2H3/t10-,11-/m0/s1. The molecule has 0 amide bonds. The summed E-state index contributed by atoms with van der Waals surface area (Å²) in [6.45, 7) is 4.38. The van der Waals surface area contributed by atoms with Gasteiger partial charge in [0, 0.05) is 0 Å². The van der Waals surface area contributed by atoms with Gasteiger partial charge >= 0.3 is 0 Å². The number of aliphatic hydroxyl groups is 1. The van der Waals surface area contributed by atoms with Crippen molar-refractivity contribution in [1.82, 2.24) is 0 Å². The molecule has 1 aromatic carbocycles. The molecule has 2 heteroatoms. The molecule has 1 rings (SSSR count). The van der Waals surface area contributed by atoms with E-state index in [0.29, 0.717) is 13.0 Å². The van der Waals surface area contributed by atoms with Gasteiger partial charge in [0.2, 0.25) is 0 Å². The summed E-state index contributed by atoms with van der Waals surface area (Å²) in [5.74, 6) is 0. The lowest BCUT2D eigenvalue weighted by atomic mass is 10.2. The lowest BCUT2D eigenvalue weighted by Crippen LogP contribution is -2.15. The van der Waals surface area contributed by atoms with Gasteiger partial charge < -0.3 is 9.84 Å². The molecular weight excluding hydrogens is 176 g/mol. The minimum absolute atomic E-state index is 0.107. The maximum absolute atomic E-state index is 9.14. The Morgan fingerprint density at radius 1 is 1.21 bits per heavy atom. The predicted octanol–water partition coefficient (Wildman–Crippen LogP) is 2.36. The molecule has 2 nitrogen and oxygen atoms in total. The van der Waals surface area contributed by atoms with Gasteiger partial charge in [-0.05, 0) is 25.8 Å². The zero-order valence-electron chi connectivity index (χ0n) is 8.81. The Bertz CT molecular complexity index is 244. The van der Waals surface area contributed by atoms with Crippen LogP contribution in [0.15, 0.2) is 30.3 Å². The number of hydrogen-bond acceptors (Lipinski definition) is 2. The Balaban J connectivity index is 2.27. The fraction of sp³-hybridized carbons (Fsp3) is 0.500. The number of ether oxygens (including phenoxy) is 1. The molecule has 0 spiro atoms. The molecule has 78 valence electrons. The first-order valence-electron chi connectivity index (χ1n) is 5.02. The van der Waals surface area contributed by atoms with Gasteiger partial charge in [0.05, 0.1) is 18.8 Å². The summed E-state index contributed by atoms with van der Waals surface area (Å²) >= 11 is 0. The van der Waals surface area contributed by atoms with Crippen LogP contribution in [0.1, 0.15) is 25.8 Å². The maximum Gasteiger partial charge on any atom is 0.0720 e. The Hall–Kier alpha value is -0.860.